The second kappa shape index (κ2) is 47.6. The molecule has 0 unspecified atom stereocenters. The molecule has 95 heavy (non-hydrogen) atoms. The lowest BCUT2D eigenvalue weighted by molar-refractivity contribution is -0.168. The van der Waals surface area contributed by atoms with Gasteiger partial charge in [0.1, 0.15) is 25.4 Å². The van der Waals surface area contributed by atoms with Crippen molar-refractivity contribution >= 4 is 35.7 Å². The fourth-order valence-corrected chi connectivity index (χ4v) is 12.6. The second-order valence-corrected chi connectivity index (χ2v) is 27.7. The topological polar surface area (TPSA) is 203 Å². The molecular formula is C79H121N5O11. The van der Waals surface area contributed by atoms with Crippen LogP contribution in [0.3, 0.4) is 0 Å². The molecule has 3 N–H and O–H groups in total. The number of hydrogen-bond acceptors (Lipinski definition) is 14. The highest BCUT2D eigenvalue weighted by atomic mass is 16.6. The molecule has 2 aromatic carbocycles. The number of esters is 4. The summed E-state index contributed by atoms with van der Waals surface area (Å²) in [6.07, 6.45) is 39.8. The number of aliphatic hydroxyl groups excluding tert-OH is 1. The van der Waals surface area contributed by atoms with Crippen molar-refractivity contribution in [2.75, 3.05) is 39.4 Å². The van der Waals surface area contributed by atoms with Gasteiger partial charge in [0.15, 0.2) is 6.10 Å². The maximum atomic E-state index is 14.8. The van der Waals surface area contributed by atoms with E-state index in [0.29, 0.717) is 45.4 Å². The van der Waals surface area contributed by atoms with Crippen molar-refractivity contribution in [3.05, 3.63) is 126 Å². The lowest BCUT2D eigenvalue weighted by Crippen LogP contribution is -2.62. The summed E-state index contributed by atoms with van der Waals surface area (Å²) in [7, 11) is 0. The minimum Gasteiger partial charge on any atom is -0.462 e. The third-order valence-corrected chi connectivity index (χ3v) is 18.0. The number of piperazine rings is 1. The van der Waals surface area contributed by atoms with Crippen molar-refractivity contribution in [1.82, 2.24) is 25.4 Å². The van der Waals surface area contributed by atoms with E-state index in [1.165, 1.54) is 77.0 Å². The highest BCUT2D eigenvalue weighted by molar-refractivity contribution is 5.83. The van der Waals surface area contributed by atoms with Crippen LogP contribution in [0.5, 0.6) is 0 Å². The fourth-order valence-electron chi connectivity index (χ4n) is 12.6. The van der Waals surface area contributed by atoms with E-state index in [1.807, 2.05) is 98.6 Å². The number of rotatable bonds is 50. The number of nitrogens with zero attached hydrogens (tertiary/aromatic N) is 3. The van der Waals surface area contributed by atoms with Crippen molar-refractivity contribution in [2.24, 2.45) is 5.92 Å². The van der Waals surface area contributed by atoms with E-state index in [9.17, 15) is 33.9 Å². The fraction of sp³-hybridized carbons (Fsp3) is 0.658. The molecule has 1 fully saturated rings. The van der Waals surface area contributed by atoms with Crippen molar-refractivity contribution in [2.45, 2.75) is 289 Å². The zero-order valence-electron chi connectivity index (χ0n) is 58.9. The first-order valence-corrected chi connectivity index (χ1v) is 36.9. The van der Waals surface area contributed by atoms with Gasteiger partial charge in [0.05, 0.1) is 25.0 Å². The van der Waals surface area contributed by atoms with Crippen LogP contribution in [0.4, 0.5) is 0 Å². The van der Waals surface area contributed by atoms with Crippen molar-refractivity contribution in [1.29, 1.82) is 0 Å². The van der Waals surface area contributed by atoms with E-state index in [2.05, 4.69) is 58.7 Å². The van der Waals surface area contributed by atoms with E-state index < -0.39 is 72.2 Å². The van der Waals surface area contributed by atoms with E-state index in [1.54, 1.807) is 6.20 Å². The average Bonchev–Trinajstić information content (AvgIpc) is 1.76. The minimum absolute atomic E-state index is 0.0533. The summed E-state index contributed by atoms with van der Waals surface area (Å²) >= 11 is 0. The Balaban J connectivity index is 1.22. The average molecular weight is 1320 g/mol. The van der Waals surface area contributed by atoms with Crippen molar-refractivity contribution in [3.8, 4) is 0 Å². The molecule has 1 aliphatic heterocycles. The summed E-state index contributed by atoms with van der Waals surface area (Å²) in [5, 5.41) is 17.6. The molecule has 2 amide bonds. The molecule has 2 aliphatic rings. The van der Waals surface area contributed by atoms with Gasteiger partial charge >= 0.3 is 23.9 Å². The molecular weight excluding hydrogens is 1190 g/mol. The maximum absolute atomic E-state index is 14.8. The van der Waals surface area contributed by atoms with E-state index in [0.717, 1.165) is 99.3 Å². The minimum atomic E-state index is -1.11. The number of pyridine rings is 1. The Morgan fingerprint density at radius 3 is 1.63 bits per heavy atom. The molecule has 0 radical (unpaired) electrons. The van der Waals surface area contributed by atoms with Gasteiger partial charge in [-0.15, -0.1) is 0 Å². The standard InChI is InChI=1S/C79H121N5O11/c1-6-8-10-12-14-16-18-20-22-24-26-28-30-32-37-47-72(86)92-61-68(62-93-73(87)48-38-33-31-29-27-25-23-21-19-17-15-13-11-9-7-2)95-75(89)50-49-74(88)94-67(59-84-53-52-83(58-64-44-41-51-80-57-64)60-70(84)78(91)82-79(3,4)5)55-66(54-63-42-35-34-36-43-63)77(90)81-76-69-46-40-39-45-65(69)56-71(76)85/h20-23,34-36,39-46,51,57,66-68,70-71,76,85H,6-19,24-33,37-38,47-50,52-56,58-62H2,1-5H3,(H,81,90)(H,82,91)/b22-20-,23-21-/t66-,67+,70+,71-,76+/m1/s1. The Labute approximate surface area is 571 Å². The molecule has 0 spiro atoms. The van der Waals surface area contributed by atoms with Gasteiger partial charge in [-0.1, -0.05) is 202 Å². The smallest absolute Gasteiger partial charge is 0.306 e. The van der Waals surface area contributed by atoms with Crippen LogP contribution in [0, 0.1) is 5.92 Å². The molecule has 528 valence electrons. The number of hydrogen-bond donors (Lipinski definition) is 3. The maximum Gasteiger partial charge on any atom is 0.306 e. The van der Waals surface area contributed by atoms with E-state index in [-0.39, 0.29) is 63.7 Å². The van der Waals surface area contributed by atoms with Gasteiger partial charge in [-0.2, -0.15) is 0 Å². The summed E-state index contributed by atoms with van der Waals surface area (Å²) in [4.78, 5) is 92.0. The third kappa shape index (κ3) is 35.0. The van der Waals surface area contributed by atoms with Gasteiger partial charge in [0.25, 0.3) is 0 Å². The molecule has 16 heteroatoms. The van der Waals surface area contributed by atoms with Gasteiger partial charge in [0, 0.05) is 75.8 Å². The van der Waals surface area contributed by atoms with Crippen LogP contribution >= 0.6 is 0 Å². The Hall–Kier alpha value is -6.23. The summed E-state index contributed by atoms with van der Waals surface area (Å²) in [5.74, 6) is -3.63. The number of nitrogens with one attached hydrogen (secondary N) is 2. The SMILES string of the molecule is CCCCCCCC/C=C\CCCCCCCC(=O)OCC(COC(=O)CCCCCCC/C=C\CCCCCCCC)OC(=O)CCC(=O)O[C@@H](C[C@@H](Cc1ccccc1)C(=O)N[C@H]1c2ccccc2C[C@H]1O)CN1CCN(Cc2cccnc2)C[C@H]1C(=O)NC(C)(C)C. The summed E-state index contributed by atoms with van der Waals surface area (Å²) < 4.78 is 23.5. The number of aromatic nitrogens is 1. The molecule has 1 aromatic heterocycles. The van der Waals surface area contributed by atoms with Gasteiger partial charge in [0.2, 0.25) is 11.8 Å². The zero-order chi connectivity index (χ0) is 68.1. The third-order valence-electron chi connectivity index (χ3n) is 18.0. The number of fused-ring (bicyclic) bond motifs is 1. The molecule has 0 bridgehead atoms. The Morgan fingerprint density at radius 2 is 1.09 bits per heavy atom. The Kier molecular flexibility index (Phi) is 39.9. The van der Waals surface area contributed by atoms with E-state index >= 15 is 0 Å². The largest absolute Gasteiger partial charge is 0.462 e. The predicted molar refractivity (Wildman–Crippen MR) is 378 cm³/mol. The first kappa shape index (κ1) is 79.5. The molecule has 5 atom stereocenters. The highest BCUT2D eigenvalue weighted by Gasteiger charge is 2.39. The summed E-state index contributed by atoms with van der Waals surface area (Å²) in [6, 6.07) is 19.8. The predicted octanol–water partition coefficient (Wildman–Crippen LogP) is 15.3. The van der Waals surface area contributed by atoms with Crippen LogP contribution in [0.15, 0.2) is 103 Å². The quantitative estimate of drug-likeness (QED) is 0.0208. The van der Waals surface area contributed by atoms with Crippen LogP contribution in [-0.2, 0) is 67.1 Å². The van der Waals surface area contributed by atoms with Crippen LogP contribution in [0.25, 0.3) is 0 Å². The van der Waals surface area contributed by atoms with Crippen molar-refractivity contribution < 1.29 is 52.8 Å². The lowest BCUT2D eigenvalue weighted by Gasteiger charge is -2.42. The molecule has 16 nitrogen and oxygen atoms in total. The highest BCUT2D eigenvalue weighted by Crippen LogP contribution is 2.33. The Morgan fingerprint density at radius 1 is 0.589 bits per heavy atom. The normalized spacial score (nSPS) is 16.6. The molecule has 1 saturated heterocycles. The van der Waals surface area contributed by atoms with Crippen LogP contribution in [0.1, 0.15) is 262 Å². The van der Waals surface area contributed by atoms with Gasteiger partial charge in [-0.25, -0.2) is 0 Å². The molecule has 1 aliphatic carbocycles. The second-order valence-electron chi connectivity index (χ2n) is 27.7. The van der Waals surface area contributed by atoms with Gasteiger partial charge in [-0.05, 0) is 126 Å². The number of benzene rings is 2. The number of unbranched alkanes of at least 4 members (excludes halogenated alkanes) is 22. The first-order valence-electron chi connectivity index (χ1n) is 36.9. The van der Waals surface area contributed by atoms with E-state index in [4.69, 9.17) is 18.9 Å². The molecule has 5 rings (SSSR count). The number of ether oxygens (including phenoxy) is 4. The number of carbonyl (C=O) groups excluding carboxylic acids is 6. The van der Waals surface area contributed by atoms with Gasteiger partial charge in [-0.3, -0.25) is 43.6 Å². The molecule has 3 aromatic rings. The first-order chi connectivity index (χ1) is 46.1. The van der Waals surface area contributed by atoms with Crippen LogP contribution < -0.4 is 10.6 Å². The number of allylic oxidation sites excluding steroid dienone is 4. The monoisotopic (exact) mass is 1320 g/mol. The van der Waals surface area contributed by atoms with Gasteiger partial charge < -0.3 is 34.7 Å². The van der Waals surface area contributed by atoms with Crippen LogP contribution in [0.2, 0.25) is 0 Å². The zero-order valence-corrected chi connectivity index (χ0v) is 58.9. The number of aliphatic hydroxyl groups is 1. The Bertz CT molecular complexity index is 2630. The lowest BCUT2D eigenvalue weighted by atomic mass is 9.91. The number of amides is 2. The summed E-state index contributed by atoms with van der Waals surface area (Å²) in [6.45, 7) is 11.7. The molecule has 2 heterocycles. The summed E-state index contributed by atoms with van der Waals surface area (Å²) in [5.41, 5.74) is 3.15. The van der Waals surface area contributed by atoms with Crippen molar-refractivity contribution in [3.63, 3.8) is 0 Å². The molecule has 0 saturated carbocycles. The number of carbonyl (C=O) groups is 6. The van der Waals surface area contributed by atoms with Crippen LogP contribution in [-0.4, -0.2) is 125 Å².